The second kappa shape index (κ2) is 10.3. The molecule has 4 N–H and O–H groups in total. The molecule has 4 heterocycles. The number of hydrazine groups is 1. The van der Waals surface area contributed by atoms with Crippen molar-refractivity contribution in [1.82, 2.24) is 15.3 Å². The average Bonchev–Trinajstić information content (AvgIpc) is 3.14. The number of ketones is 1. The molecule has 36 heavy (non-hydrogen) atoms. The smallest absolute Gasteiger partial charge is 0.251 e. The van der Waals surface area contributed by atoms with Crippen molar-refractivity contribution < 1.29 is 14.4 Å². The molecule has 3 saturated heterocycles. The zero-order valence-corrected chi connectivity index (χ0v) is 20.7. The van der Waals surface area contributed by atoms with Crippen molar-refractivity contribution >= 4 is 29.1 Å². The number of fused-ring (bicyclic) bond motifs is 2. The Morgan fingerprint density at radius 3 is 2.28 bits per heavy atom. The average molecular weight is 491 g/mol. The molecule has 2 bridgehead atoms. The number of amides is 2. The van der Waals surface area contributed by atoms with Crippen molar-refractivity contribution in [3.05, 3.63) is 53.2 Å². The van der Waals surface area contributed by atoms with Gasteiger partial charge in [-0.3, -0.25) is 14.4 Å². The Balaban J connectivity index is 1.26. The van der Waals surface area contributed by atoms with Gasteiger partial charge in [0.1, 0.15) is 5.82 Å². The van der Waals surface area contributed by atoms with E-state index < -0.39 is 5.91 Å². The van der Waals surface area contributed by atoms with Crippen LogP contribution < -0.4 is 21.4 Å². The zero-order chi connectivity index (χ0) is 25.2. The highest BCUT2D eigenvalue weighted by Gasteiger charge is 2.41. The molecule has 0 spiro atoms. The standard InChI is InChI=1S/C27H34N6O3/c1-17(34)19-6-10-25(29-16-19)33-21-7-8-22(33)15-20(14-21)30-27(36)18-5-9-23(26(28)35)24(13-18)31-32-11-3-2-4-12-32/h5-6,9-10,13,16,20-22,31H,2-4,7-8,11-12,14-15H2,1H3,(H2,28,35)(H,30,36)/t20-,21+,22-. The number of nitrogens with one attached hydrogen (secondary N) is 2. The number of nitrogens with zero attached hydrogens (tertiary/aromatic N) is 3. The Morgan fingerprint density at radius 2 is 1.67 bits per heavy atom. The third-order valence-corrected chi connectivity index (χ3v) is 7.67. The molecule has 5 rings (SSSR count). The summed E-state index contributed by atoms with van der Waals surface area (Å²) in [7, 11) is 0. The normalized spacial score (nSPS) is 23.8. The van der Waals surface area contributed by atoms with E-state index in [4.69, 9.17) is 5.73 Å². The van der Waals surface area contributed by atoms with E-state index in [0.717, 1.165) is 57.4 Å². The van der Waals surface area contributed by atoms with Gasteiger partial charge >= 0.3 is 0 Å². The maximum Gasteiger partial charge on any atom is 0.251 e. The highest BCUT2D eigenvalue weighted by atomic mass is 16.2. The van der Waals surface area contributed by atoms with Gasteiger partial charge in [-0.05, 0) is 75.8 Å². The number of carbonyl (C=O) groups is 3. The van der Waals surface area contributed by atoms with Crippen molar-refractivity contribution in [1.29, 1.82) is 0 Å². The molecule has 9 nitrogen and oxygen atoms in total. The monoisotopic (exact) mass is 490 g/mol. The fourth-order valence-electron chi connectivity index (χ4n) is 5.85. The minimum atomic E-state index is -0.518. The molecule has 2 aromatic rings. The third kappa shape index (κ3) is 5.06. The summed E-state index contributed by atoms with van der Waals surface area (Å²) in [5, 5.41) is 5.30. The van der Waals surface area contributed by atoms with Gasteiger partial charge < -0.3 is 21.4 Å². The van der Waals surface area contributed by atoms with Crippen LogP contribution in [0.25, 0.3) is 0 Å². The predicted molar refractivity (Wildman–Crippen MR) is 138 cm³/mol. The topological polar surface area (TPSA) is 121 Å². The van der Waals surface area contributed by atoms with Gasteiger partial charge in [0.2, 0.25) is 0 Å². The van der Waals surface area contributed by atoms with Crippen LogP contribution in [0.4, 0.5) is 11.5 Å². The first-order valence-electron chi connectivity index (χ1n) is 12.9. The molecule has 1 aromatic heterocycles. The summed E-state index contributed by atoms with van der Waals surface area (Å²) in [6.07, 6.45) is 8.84. The summed E-state index contributed by atoms with van der Waals surface area (Å²) in [5.74, 6) is 0.245. The van der Waals surface area contributed by atoms with Gasteiger partial charge in [0.15, 0.2) is 5.78 Å². The molecule has 0 unspecified atom stereocenters. The lowest BCUT2D eigenvalue weighted by Crippen LogP contribution is -2.50. The fourth-order valence-corrected chi connectivity index (χ4v) is 5.85. The minimum absolute atomic E-state index is 0.0107. The van der Waals surface area contributed by atoms with Gasteiger partial charge in [-0.1, -0.05) is 6.42 Å². The molecule has 190 valence electrons. The first kappa shape index (κ1) is 24.2. The SMILES string of the molecule is CC(=O)c1ccc(N2[C@@H]3CC[C@H]2C[C@@H](NC(=O)c2ccc(C(N)=O)c(NN4CCCCC4)c2)C3)nc1. The second-order valence-electron chi connectivity index (χ2n) is 10.2. The number of primary amides is 1. The highest BCUT2D eigenvalue weighted by molar-refractivity contribution is 6.02. The van der Waals surface area contributed by atoms with E-state index in [9.17, 15) is 14.4 Å². The van der Waals surface area contributed by atoms with Crippen molar-refractivity contribution in [3.8, 4) is 0 Å². The molecule has 0 saturated carbocycles. The maximum atomic E-state index is 13.2. The second-order valence-corrected chi connectivity index (χ2v) is 10.2. The number of hydrogen-bond acceptors (Lipinski definition) is 7. The third-order valence-electron chi connectivity index (χ3n) is 7.67. The van der Waals surface area contributed by atoms with Gasteiger partial charge in [-0.2, -0.15) is 0 Å². The number of aromatic nitrogens is 1. The van der Waals surface area contributed by atoms with Crippen molar-refractivity contribution in [3.63, 3.8) is 0 Å². The fraction of sp³-hybridized carbons (Fsp3) is 0.481. The Morgan fingerprint density at radius 1 is 0.972 bits per heavy atom. The molecule has 1 aromatic carbocycles. The van der Waals surface area contributed by atoms with Crippen molar-refractivity contribution in [2.45, 2.75) is 70.0 Å². The molecule has 3 fully saturated rings. The Labute approximate surface area is 211 Å². The van der Waals surface area contributed by atoms with Gasteiger partial charge in [-0.25, -0.2) is 9.99 Å². The van der Waals surface area contributed by atoms with Gasteiger partial charge in [0, 0.05) is 48.5 Å². The number of nitrogens with two attached hydrogens (primary N) is 1. The summed E-state index contributed by atoms with van der Waals surface area (Å²) in [4.78, 5) is 43.7. The number of hydrogen-bond donors (Lipinski definition) is 3. The number of rotatable bonds is 7. The number of Topliss-reactive ketones (excluding diaryl/α,β-unsaturated/α-hetero) is 1. The summed E-state index contributed by atoms with van der Waals surface area (Å²) >= 11 is 0. The quantitative estimate of drug-likeness (QED) is 0.510. The van der Waals surface area contributed by atoms with Gasteiger partial charge in [-0.15, -0.1) is 0 Å². The van der Waals surface area contributed by atoms with Crippen LogP contribution in [0.5, 0.6) is 0 Å². The van der Waals surface area contributed by atoms with Crippen LogP contribution in [0.1, 0.15) is 82.9 Å². The van der Waals surface area contributed by atoms with E-state index >= 15 is 0 Å². The van der Waals surface area contributed by atoms with Crippen molar-refractivity contribution in [2.24, 2.45) is 5.73 Å². The highest BCUT2D eigenvalue weighted by Crippen LogP contribution is 2.38. The van der Waals surface area contributed by atoms with Crippen LogP contribution in [0, 0.1) is 0 Å². The molecular weight excluding hydrogens is 456 g/mol. The molecule has 3 aliphatic rings. The summed E-state index contributed by atoms with van der Waals surface area (Å²) in [6, 6.07) is 9.47. The van der Waals surface area contributed by atoms with Crippen LogP contribution >= 0.6 is 0 Å². The number of piperidine rings is 2. The lowest BCUT2D eigenvalue weighted by molar-refractivity contribution is 0.0924. The van der Waals surface area contributed by atoms with Crippen LogP contribution in [-0.4, -0.2) is 58.8 Å². The van der Waals surface area contributed by atoms with Crippen molar-refractivity contribution in [2.75, 3.05) is 23.4 Å². The molecule has 3 atom stereocenters. The largest absolute Gasteiger partial charge is 0.366 e. The number of anilines is 2. The summed E-state index contributed by atoms with van der Waals surface area (Å²) < 4.78 is 0. The summed E-state index contributed by atoms with van der Waals surface area (Å²) in [6.45, 7) is 3.33. The van der Waals surface area contributed by atoms with Crippen LogP contribution in [0.2, 0.25) is 0 Å². The molecule has 2 amide bonds. The Bertz CT molecular complexity index is 1130. The Hall–Kier alpha value is -3.46. The first-order chi connectivity index (χ1) is 17.4. The van der Waals surface area contributed by atoms with E-state index in [1.165, 1.54) is 6.42 Å². The number of benzene rings is 1. The lowest BCUT2D eigenvalue weighted by Gasteiger charge is -2.40. The first-order valence-corrected chi connectivity index (χ1v) is 12.9. The predicted octanol–water partition coefficient (Wildman–Crippen LogP) is 3.13. The number of carbonyl (C=O) groups excluding carboxylic acids is 3. The van der Waals surface area contributed by atoms with E-state index in [0.29, 0.717) is 34.5 Å². The van der Waals surface area contributed by atoms with Crippen LogP contribution in [0.15, 0.2) is 36.5 Å². The molecular formula is C27H34N6O3. The molecule has 0 radical (unpaired) electrons. The van der Waals surface area contributed by atoms with E-state index in [-0.39, 0.29) is 17.7 Å². The molecule has 9 heteroatoms. The zero-order valence-electron chi connectivity index (χ0n) is 20.7. The Kier molecular flexibility index (Phi) is 6.91. The maximum absolute atomic E-state index is 13.2. The molecule has 3 aliphatic heterocycles. The lowest BCUT2D eigenvalue weighted by atomic mass is 9.96. The summed E-state index contributed by atoms with van der Waals surface area (Å²) in [5.41, 5.74) is 11.0. The minimum Gasteiger partial charge on any atom is -0.366 e. The van der Waals surface area contributed by atoms with E-state index in [1.54, 1.807) is 31.3 Å². The number of pyridine rings is 1. The van der Waals surface area contributed by atoms with Gasteiger partial charge in [0.25, 0.3) is 11.8 Å². The van der Waals surface area contributed by atoms with Crippen LogP contribution in [-0.2, 0) is 0 Å². The molecule has 0 aliphatic carbocycles. The van der Waals surface area contributed by atoms with E-state index in [2.05, 4.69) is 25.6 Å². The van der Waals surface area contributed by atoms with Gasteiger partial charge in [0.05, 0.1) is 11.3 Å². The van der Waals surface area contributed by atoms with E-state index in [1.807, 2.05) is 12.1 Å². The van der Waals surface area contributed by atoms with Crippen LogP contribution in [0.3, 0.4) is 0 Å².